The molecule has 0 spiro atoms. The van der Waals surface area contributed by atoms with E-state index in [9.17, 15) is 13.6 Å². The molecule has 0 fully saturated rings. The minimum Gasteiger partial charge on any atom is -0.772 e. The maximum absolute atomic E-state index is 11.1. The molecule has 0 aliphatic carbocycles. The fraction of sp³-hybridized carbons (Fsp3) is 0.889. The second kappa shape index (κ2) is 6.95. The number of carbonyl (C=O) groups excluding carboxylic acids is 1. The van der Waals surface area contributed by atoms with Gasteiger partial charge in [0.25, 0.3) is 0 Å². The second-order valence-corrected chi connectivity index (χ2v) is 4.35. The number of esters is 1. The molecule has 0 aromatic rings. The topological polar surface area (TPSA) is 66.4 Å². The van der Waals surface area contributed by atoms with Crippen LogP contribution in [0, 0.1) is 5.92 Å². The number of hydrogen-bond donors (Lipinski definition) is 0. The van der Waals surface area contributed by atoms with E-state index >= 15 is 0 Å². The zero-order valence-corrected chi connectivity index (χ0v) is 9.63. The van der Waals surface area contributed by atoms with Crippen LogP contribution in [0.3, 0.4) is 0 Å². The van der Waals surface area contributed by atoms with Gasteiger partial charge in [0.1, 0.15) is 6.10 Å². The Morgan fingerprint density at radius 2 is 2.07 bits per heavy atom. The third kappa shape index (κ3) is 6.10. The molecule has 0 heterocycles. The lowest BCUT2D eigenvalue weighted by molar-refractivity contribution is -0.150. The standard InChI is InChI=1S/C9H18O4S/c1-4-7(2)8(3)13-9(10)5-6-14(11)12/h7-8H,4-6H2,1-3H3,(H,11,12)/p-1. The highest BCUT2D eigenvalue weighted by atomic mass is 32.2. The Kier molecular flexibility index (Phi) is 6.74. The summed E-state index contributed by atoms with van der Waals surface area (Å²) in [4.78, 5) is 11.1. The van der Waals surface area contributed by atoms with Crippen LogP contribution < -0.4 is 0 Å². The molecule has 0 saturated heterocycles. The summed E-state index contributed by atoms with van der Waals surface area (Å²) in [6.07, 6.45) is 0.728. The normalized spacial score (nSPS) is 17.1. The molecule has 0 aromatic carbocycles. The Morgan fingerprint density at radius 1 is 1.50 bits per heavy atom. The van der Waals surface area contributed by atoms with E-state index in [4.69, 9.17) is 4.74 Å². The van der Waals surface area contributed by atoms with Gasteiger partial charge in [0, 0.05) is 5.75 Å². The predicted molar refractivity (Wildman–Crippen MR) is 53.4 cm³/mol. The first-order valence-electron chi connectivity index (χ1n) is 4.72. The predicted octanol–water partition coefficient (Wildman–Crippen LogP) is 1.23. The molecule has 84 valence electrons. The fourth-order valence-electron chi connectivity index (χ4n) is 0.881. The van der Waals surface area contributed by atoms with Crippen LogP contribution in [-0.4, -0.2) is 26.6 Å². The summed E-state index contributed by atoms with van der Waals surface area (Å²) in [6.45, 7) is 5.83. The lowest BCUT2D eigenvalue weighted by Gasteiger charge is -2.18. The highest BCUT2D eigenvalue weighted by Gasteiger charge is 2.14. The van der Waals surface area contributed by atoms with Crippen molar-refractivity contribution in [2.75, 3.05) is 5.75 Å². The molecular formula is C9H17O4S-. The van der Waals surface area contributed by atoms with Gasteiger partial charge in [-0.05, 0) is 12.8 Å². The van der Waals surface area contributed by atoms with Gasteiger partial charge in [0.15, 0.2) is 0 Å². The summed E-state index contributed by atoms with van der Waals surface area (Å²) in [5.41, 5.74) is 0. The molecule has 0 rings (SSSR count). The van der Waals surface area contributed by atoms with Crippen LogP contribution >= 0.6 is 0 Å². The van der Waals surface area contributed by atoms with Crippen molar-refractivity contribution in [1.82, 2.24) is 0 Å². The zero-order valence-electron chi connectivity index (χ0n) is 8.82. The fourth-order valence-corrected chi connectivity index (χ4v) is 1.21. The van der Waals surface area contributed by atoms with E-state index in [0.717, 1.165) is 6.42 Å². The molecule has 3 atom stereocenters. The summed E-state index contributed by atoms with van der Waals surface area (Å²) in [7, 11) is 0. The number of rotatable bonds is 6. The van der Waals surface area contributed by atoms with E-state index in [2.05, 4.69) is 0 Å². The van der Waals surface area contributed by atoms with Crippen LogP contribution in [0.15, 0.2) is 0 Å². The van der Waals surface area contributed by atoms with Gasteiger partial charge in [-0.1, -0.05) is 31.3 Å². The summed E-state index contributed by atoms with van der Waals surface area (Å²) in [5, 5.41) is 0. The molecule has 0 saturated carbocycles. The highest BCUT2D eigenvalue weighted by Crippen LogP contribution is 2.11. The molecule has 0 amide bonds. The van der Waals surface area contributed by atoms with E-state index in [1.807, 2.05) is 20.8 Å². The third-order valence-electron chi connectivity index (χ3n) is 2.24. The largest absolute Gasteiger partial charge is 0.772 e. The van der Waals surface area contributed by atoms with Crippen molar-refractivity contribution in [3.05, 3.63) is 0 Å². The maximum Gasteiger partial charge on any atom is 0.306 e. The van der Waals surface area contributed by atoms with Crippen molar-refractivity contribution in [2.24, 2.45) is 5.92 Å². The molecule has 0 aliphatic rings. The van der Waals surface area contributed by atoms with Gasteiger partial charge < -0.3 is 9.29 Å². The van der Waals surface area contributed by atoms with Crippen LogP contribution in [0.2, 0.25) is 0 Å². The first kappa shape index (κ1) is 13.6. The molecule has 14 heavy (non-hydrogen) atoms. The maximum atomic E-state index is 11.1. The van der Waals surface area contributed by atoms with Gasteiger partial charge in [-0.15, -0.1) is 0 Å². The molecule has 5 heteroatoms. The van der Waals surface area contributed by atoms with Crippen LogP contribution in [0.4, 0.5) is 0 Å². The molecule has 0 N–H and O–H groups in total. The average molecular weight is 221 g/mol. The van der Waals surface area contributed by atoms with E-state index in [1.165, 1.54) is 0 Å². The van der Waals surface area contributed by atoms with Gasteiger partial charge in [0.2, 0.25) is 0 Å². The summed E-state index contributed by atoms with van der Waals surface area (Å²) in [6, 6.07) is 0. The highest BCUT2D eigenvalue weighted by molar-refractivity contribution is 7.79. The third-order valence-corrected chi connectivity index (χ3v) is 2.77. The summed E-state index contributed by atoms with van der Waals surface area (Å²) in [5.74, 6) is -0.301. The monoisotopic (exact) mass is 221 g/mol. The van der Waals surface area contributed by atoms with Crippen LogP contribution in [0.25, 0.3) is 0 Å². The molecule has 3 unspecified atom stereocenters. The van der Waals surface area contributed by atoms with Crippen molar-refractivity contribution >= 4 is 17.0 Å². The van der Waals surface area contributed by atoms with Gasteiger partial charge >= 0.3 is 5.97 Å². The first-order chi connectivity index (χ1) is 6.47. The first-order valence-corrected chi connectivity index (χ1v) is 5.97. The SMILES string of the molecule is CCC(C)C(C)OC(=O)CCS(=O)[O-]. The van der Waals surface area contributed by atoms with Gasteiger partial charge in [-0.3, -0.25) is 9.00 Å². The van der Waals surface area contributed by atoms with E-state index in [-0.39, 0.29) is 18.3 Å². The molecule has 0 aromatic heterocycles. The van der Waals surface area contributed by atoms with Crippen LogP contribution in [0.1, 0.15) is 33.6 Å². The van der Waals surface area contributed by atoms with E-state index < -0.39 is 17.0 Å². The molecule has 0 radical (unpaired) electrons. The molecule has 0 aliphatic heterocycles. The minimum atomic E-state index is -2.16. The van der Waals surface area contributed by atoms with Crippen LogP contribution in [0.5, 0.6) is 0 Å². The Balaban J connectivity index is 3.76. The molecule has 0 bridgehead atoms. The van der Waals surface area contributed by atoms with E-state index in [1.54, 1.807) is 0 Å². The quantitative estimate of drug-likeness (QED) is 0.500. The van der Waals surface area contributed by atoms with E-state index in [0.29, 0.717) is 5.92 Å². The van der Waals surface area contributed by atoms with Gasteiger partial charge in [0.05, 0.1) is 6.42 Å². The lowest BCUT2D eigenvalue weighted by atomic mass is 10.0. The Bertz CT molecular complexity index is 205. The van der Waals surface area contributed by atoms with Gasteiger partial charge in [-0.25, -0.2) is 0 Å². The van der Waals surface area contributed by atoms with Crippen molar-refractivity contribution < 1.29 is 18.3 Å². The Morgan fingerprint density at radius 3 is 2.50 bits per heavy atom. The zero-order chi connectivity index (χ0) is 11.1. The number of carbonyl (C=O) groups is 1. The van der Waals surface area contributed by atoms with Gasteiger partial charge in [-0.2, -0.15) is 0 Å². The second-order valence-electron chi connectivity index (χ2n) is 3.34. The number of hydrogen-bond acceptors (Lipinski definition) is 4. The molecular weight excluding hydrogens is 204 g/mol. The van der Waals surface area contributed by atoms with Crippen molar-refractivity contribution in [1.29, 1.82) is 0 Å². The van der Waals surface area contributed by atoms with Crippen LogP contribution in [-0.2, 0) is 20.6 Å². The summed E-state index contributed by atoms with van der Waals surface area (Å²) >= 11 is -2.16. The lowest BCUT2D eigenvalue weighted by Crippen LogP contribution is -2.22. The number of ether oxygens (including phenoxy) is 1. The molecule has 4 nitrogen and oxygen atoms in total. The van der Waals surface area contributed by atoms with Crippen molar-refractivity contribution in [3.8, 4) is 0 Å². The summed E-state index contributed by atoms with van der Waals surface area (Å²) < 4.78 is 25.4. The van der Waals surface area contributed by atoms with Crippen molar-refractivity contribution in [2.45, 2.75) is 39.7 Å². The Labute approximate surface area is 87.3 Å². The smallest absolute Gasteiger partial charge is 0.306 e. The van der Waals surface area contributed by atoms with Crippen molar-refractivity contribution in [3.63, 3.8) is 0 Å². The minimum absolute atomic E-state index is 0.0586. The Hall–Kier alpha value is -0.420. The average Bonchev–Trinajstić information content (AvgIpc) is 2.13.